The molecule has 1 aliphatic heterocycles. The lowest BCUT2D eigenvalue weighted by atomic mass is 9.91. The van der Waals surface area contributed by atoms with Crippen LogP contribution in [0.4, 0.5) is 4.39 Å². The Morgan fingerprint density at radius 1 is 1.45 bits per heavy atom. The topological polar surface area (TPSA) is 41.1 Å². The van der Waals surface area contributed by atoms with E-state index in [4.69, 9.17) is 0 Å². The monoisotopic (exact) mass is 278 g/mol. The summed E-state index contributed by atoms with van der Waals surface area (Å²) in [5.41, 5.74) is 2.08. The summed E-state index contributed by atoms with van der Waals surface area (Å²) in [6.45, 7) is 6.59. The summed E-state index contributed by atoms with van der Waals surface area (Å²) in [5.74, 6) is -0.0888. The van der Waals surface area contributed by atoms with E-state index in [-0.39, 0.29) is 29.7 Å². The van der Waals surface area contributed by atoms with E-state index in [9.17, 15) is 9.18 Å². The lowest BCUT2D eigenvalue weighted by molar-refractivity contribution is -0.124. The average Bonchev–Trinajstić information content (AvgIpc) is 2.38. The maximum atomic E-state index is 13.2. The van der Waals surface area contributed by atoms with Crippen LogP contribution in [0.5, 0.6) is 0 Å². The molecule has 0 aliphatic carbocycles. The molecule has 1 aliphatic rings. The molecule has 2 atom stereocenters. The van der Waals surface area contributed by atoms with Crippen molar-refractivity contribution in [1.29, 1.82) is 0 Å². The number of amides is 1. The van der Waals surface area contributed by atoms with Crippen LogP contribution < -0.4 is 10.6 Å². The second-order valence-corrected chi connectivity index (χ2v) is 5.89. The first-order chi connectivity index (χ1) is 9.47. The van der Waals surface area contributed by atoms with Gasteiger partial charge in [0.25, 0.3) is 0 Å². The highest BCUT2D eigenvalue weighted by Gasteiger charge is 2.25. The normalized spacial score (nSPS) is 22.9. The Kier molecular flexibility index (Phi) is 4.76. The Morgan fingerprint density at radius 2 is 2.20 bits per heavy atom. The molecular weight excluding hydrogens is 255 g/mol. The minimum absolute atomic E-state index is 0.0101. The van der Waals surface area contributed by atoms with Gasteiger partial charge in [0, 0.05) is 18.0 Å². The minimum atomic E-state index is -0.202. The Hall–Kier alpha value is -1.42. The van der Waals surface area contributed by atoms with Crippen LogP contribution in [0.1, 0.15) is 43.9 Å². The van der Waals surface area contributed by atoms with E-state index in [1.54, 1.807) is 6.07 Å². The van der Waals surface area contributed by atoms with Gasteiger partial charge in [0.05, 0.1) is 0 Å². The highest BCUT2D eigenvalue weighted by molar-refractivity contribution is 5.78. The molecule has 1 aromatic carbocycles. The van der Waals surface area contributed by atoms with Crippen LogP contribution in [0, 0.1) is 18.7 Å². The fraction of sp³-hybridized carbons (Fsp3) is 0.562. The summed E-state index contributed by atoms with van der Waals surface area (Å²) < 4.78 is 13.2. The van der Waals surface area contributed by atoms with Gasteiger partial charge in [0.15, 0.2) is 0 Å². The first-order valence-corrected chi connectivity index (χ1v) is 7.27. The van der Waals surface area contributed by atoms with Crippen molar-refractivity contribution >= 4 is 5.91 Å². The van der Waals surface area contributed by atoms with E-state index in [1.807, 2.05) is 26.8 Å². The van der Waals surface area contributed by atoms with Crippen molar-refractivity contribution in [3.63, 3.8) is 0 Å². The zero-order valence-corrected chi connectivity index (χ0v) is 12.4. The fourth-order valence-corrected chi connectivity index (χ4v) is 2.68. The summed E-state index contributed by atoms with van der Waals surface area (Å²) in [7, 11) is 0. The predicted octanol–water partition coefficient (Wildman–Crippen LogP) is 2.70. The maximum Gasteiger partial charge on any atom is 0.222 e. The van der Waals surface area contributed by atoms with Gasteiger partial charge in [0.1, 0.15) is 5.82 Å². The molecule has 4 heteroatoms. The van der Waals surface area contributed by atoms with Crippen molar-refractivity contribution in [3.05, 3.63) is 35.1 Å². The molecular formula is C16H23FN2O. The number of hydrogen-bond donors (Lipinski definition) is 2. The van der Waals surface area contributed by atoms with Crippen molar-refractivity contribution in [2.24, 2.45) is 5.92 Å². The number of rotatable bonds is 3. The molecule has 20 heavy (non-hydrogen) atoms. The first-order valence-electron chi connectivity index (χ1n) is 7.27. The molecule has 2 N–H and O–H groups in total. The molecule has 1 fully saturated rings. The number of carbonyl (C=O) groups excluding carboxylic acids is 1. The van der Waals surface area contributed by atoms with Gasteiger partial charge in [-0.1, -0.05) is 19.9 Å². The summed E-state index contributed by atoms with van der Waals surface area (Å²) in [5, 5.41) is 6.55. The molecule has 0 saturated carbocycles. The Bertz CT molecular complexity index is 487. The number of carbonyl (C=O) groups is 1. The molecule has 2 rings (SSSR count). The summed E-state index contributed by atoms with van der Waals surface area (Å²) >= 11 is 0. The summed E-state index contributed by atoms with van der Waals surface area (Å²) in [4.78, 5) is 11.8. The zero-order chi connectivity index (χ0) is 14.7. The Balaban J connectivity index is 2.05. The van der Waals surface area contributed by atoms with Crippen molar-refractivity contribution in [1.82, 2.24) is 10.6 Å². The molecule has 0 aromatic heterocycles. The van der Waals surface area contributed by atoms with Crippen LogP contribution in [-0.2, 0) is 4.79 Å². The van der Waals surface area contributed by atoms with Crippen LogP contribution in [0.2, 0.25) is 0 Å². The summed E-state index contributed by atoms with van der Waals surface area (Å²) in [6.07, 6.45) is 1.79. The molecule has 1 saturated heterocycles. The van der Waals surface area contributed by atoms with Crippen LogP contribution in [0.15, 0.2) is 18.2 Å². The molecule has 0 unspecified atom stereocenters. The van der Waals surface area contributed by atoms with E-state index >= 15 is 0 Å². The maximum absolute atomic E-state index is 13.2. The zero-order valence-electron chi connectivity index (χ0n) is 12.4. The number of hydrogen-bond acceptors (Lipinski definition) is 2. The number of nitrogens with one attached hydrogen (secondary N) is 2. The van der Waals surface area contributed by atoms with Gasteiger partial charge in [-0.05, 0) is 49.6 Å². The van der Waals surface area contributed by atoms with Gasteiger partial charge < -0.3 is 10.6 Å². The standard InChI is InChI=1S/C16H23FN2O/c1-10(2)16(20)19-13-6-7-18-15(9-13)14-5-4-12(17)8-11(14)3/h4-5,8,10,13,15,18H,6-7,9H2,1-3H3,(H,19,20)/t13-,15+/m1/s1. The van der Waals surface area contributed by atoms with Gasteiger partial charge in [0.2, 0.25) is 5.91 Å². The van der Waals surface area contributed by atoms with E-state index in [2.05, 4.69) is 10.6 Å². The number of piperidine rings is 1. The molecule has 1 heterocycles. The smallest absolute Gasteiger partial charge is 0.222 e. The van der Waals surface area contributed by atoms with Gasteiger partial charge in [-0.3, -0.25) is 4.79 Å². The summed E-state index contributed by atoms with van der Waals surface area (Å²) in [6, 6.07) is 5.28. The van der Waals surface area contributed by atoms with E-state index in [0.29, 0.717) is 0 Å². The van der Waals surface area contributed by atoms with E-state index in [0.717, 1.165) is 30.5 Å². The quantitative estimate of drug-likeness (QED) is 0.892. The van der Waals surface area contributed by atoms with E-state index < -0.39 is 0 Å². The van der Waals surface area contributed by atoms with Crippen LogP contribution in [0.25, 0.3) is 0 Å². The fourth-order valence-electron chi connectivity index (χ4n) is 2.68. The van der Waals surface area contributed by atoms with Crippen molar-refractivity contribution in [3.8, 4) is 0 Å². The van der Waals surface area contributed by atoms with Crippen LogP contribution in [-0.4, -0.2) is 18.5 Å². The molecule has 110 valence electrons. The van der Waals surface area contributed by atoms with Crippen molar-refractivity contribution < 1.29 is 9.18 Å². The lowest BCUT2D eigenvalue weighted by Crippen LogP contribution is -2.45. The number of benzene rings is 1. The molecule has 0 radical (unpaired) electrons. The average molecular weight is 278 g/mol. The van der Waals surface area contributed by atoms with Gasteiger partial charge >= 0.3 is 0 Å². The van der Waals surface area contributed by atoms with Crippen LogP contribution in [0.3, 0.4) is 0 Å². The van der Waals surface area contributed by atoms with Crippen molar-refractivity contribution in [2.75, 3.05) is 6.54 Å². The second-order valence-electron chi connectivity index (χ2n) is 5.89. The lowest BCUT2D eigenvalue weighted by Gasteiger charge is -2.32. The number of halogens is 1. The number of aryl methyl sites for hydroxylation is 1. The van der Waals surface area contributed by atoms with Crippen LogP contribution >= 0.6 is 0 Å². The highest BCUT2D eigenvalue weighted by Crippen LogP contribution is 2.26. The predicted molar refractivity (Wildman–Crippen MR) is 77.9 cm³/mol. The molecule has 1 aromatic rings. The Morgan fingerprint density at radius 3 is 2.85 bits per heavy atom. The minimum Gasteiger partial charge on any atom is -0.353 e. The SMILES string of the molecule is Cc1cc(F)ccc1[C@@H]1C[C@H](NC(=O)C(C)C)CCN1. The van der Waals surface area contributed by atoms with E-state index in [1.165, 1.54) is 6.07 Å². The first kappa shape index (κ1) is 15.0. The van der Waals surface area contributed by atoms with Gasteiger partial charge in [-0.25, -0.2) is 4.39 Å². The molecule has 1 amide bonds. The molecule has 0 spiro atoms. The third-order valence-corrected chi connectivity index (χ3v) is 3.88. The molecule has 3 nitrogen and oxygen atoms in total. The van der Waals surface area contributed by atoms with Gasteiger partial charge in [-0.15, -0.1) is 0 Å². The Labute approximate surface area is 120 Å². The molecule has 0 bridgehead atoms. The third-order valence-electron chi connectivity index (χ3n) is 3.88. The highest BCUT2D eigenvalue weighted by atomic mass is 19.1. The van der Waals surface area contributed by atoms with Crippen molar-refractivity contribution in [2.45, 2.75) is 45.7 Å². The third kappa shape index (κ3) is 3.57. The second kappa shape index (κ2) is 6.35. The van der Waals surface area contributed by atoms with Gasteiger partial charge in [-0.2, -0.15) is 0 Å². The largest absolute Gasteiger partial charge is 0.353 e.